The van der Waals surface area contributed by atoms with Crippen LogP contribution in [0.5, 0.6) is 0 Å². The van der Waals surface area contributed by atoms with E-state index in [2.05, 4.69) is 22.4 Å². The smallest absolute Gasteiger partial charge is 0.226 e. The average molecular weight is 209 g/mol. The molecule has 4 heteroatoms. The molecule has 0 radical (unpaired) electrons. The summed E-state index contributed by atoms with van der Waals surface area (Å²) in [5.41, 5.74) is 0. The number of rotatable bonds is 4. The molecular formula is C11H19N3O. The van der Waals surface area contributed by atoms with Crippen molar-refractivity contribution < 1.29 is 4.52 Å². The monoisotopic (exact) mass is 209 g/mol. The van der Waals surface area contributed by atoms with E-state index >= 15 is 0 Å². The lowest BCUT2D eigenvalue weighted by molar-refractivity contribution is 0.358. The Morgan fingerprint density at radius 1 is 1.40 bits per heavy atom. The molecule has 0 aromatic carbocycles. The third-order valence-corrected chi connectivity index (χ3v) is 2.93. The summed E-state index contributed by atoms with van der Waals surface area (Å²) < 4.78 is 5.24. The number of aryl methyl sites for hydroxylation is 1. The summed E-state index contributed by atoms with van der Waals surface area (Å²) in [5.74, 6) is 2.23. The van der Waals surface area contributed by atoms with Gasteiger partial charge in [-0.25, -0.2) is 0 Å². The Hall–Kier alpha value is -0.900. The van der Waals surface area contributed by atoms with Gasteiger partial charge in [0.15, 0.2) is 5.82 Å². The van der Waals surface area contributed by atoms with Crippen molar-refractivity contribution in [2.24, 2.45) is 0 Å². The first-order chi connectivity index (χ1) is 7.40. The van der Waals surface area contributed by atoms with E-state index in [1.807, 2.05) is 0 Å². The second kappa shape index (κ2) is 5.26. The van der Waals surface area contributed by atoms with Gasteiger partial charge in [-0.3, -0.25) is 0 Å². The molecular weight excluding hydrogens is 190 g/mol. The Bertz CT molecular complexity index is 292. The first-order valence-corrected chi connectivity index (χ1v) is 5.93. The van der Waals surface area contributed by atoms with Crippen LogP contribution in [0.2, 0.25) is 0 Å². The van der Waals surface area contributed by atoms with Crippen LogP contribution in [-0.4, -0.2) is 23.2 Å². The van der Waals surface area contributed by atoms with E-state index < -0.39 is 0 Å². The molecule has 4 nitrogen and oxygen atoms in total. The molecule has 0 spiro atoms. The van der Waals surface area contributed by atoms with Crippen LogP contribution in [0.15, 0.2) is 4.52 Å². The Kier molecular flexibility index (Phi) is 3.72. The fraction of sp³-hybridized carbons (Fsp3) is 0.818. The lowest BCUT2D eigenvalue weighted by Crippen LogP contribution is -2.27. The van der Waals surface area contributed by atoms with Crippen molar-refractivity contribution in [1.82, 2.24) is 15.5 Å². The van der Waals surface area contributed by atoms with E-state index in [9.17, 15) is 0 Å². The maximum Gasteiger partial charge on any atom is 0.226 e. The second-order valence-electron chi connectivity index (χ2n) is 4.17. The van der Waals surface area contributed by atoms with E-state index in [0.29, 0.717) is 5.92 Å². The number of hydrogen-bond donors (Lipinski definition) is 1. The van der Waals surface area contributed by atoms with Crippen LogP contribution in [-0.2, 0) is 6.42 Å². The number of piperidine rings is 1. The Morgan fingerprint density at radius 2 is 2.20 bits per heavy atom. The molecule has 1 aromatic heterocycles. The minimum absolute atomic E-state index is 0.505. The highest BCUT2D eigenvalue weighted by Crippen LogP contribution is 2.22. The van der Waals surface area contributed by atoms with Crippen molar-refractivity contribution in [3.05, 3.63) is 11.7 Å². The lowest BCUT2D eigenvalue weighted by Gasteiger charge is -2.18. The third-order valence-electron chi connectivity index (χ3n) is 2.93. The highest BCUT2D eigenvalue weighted by molar-refractivity contribution is 4.97. The summed E-state index contributed by atoms with van der Waals surface area (Å²) in [5, 5.41) is 7.42. The van der Waals surface area contributed by atoms with Gasteiger partial charge in [-0.2, -0.15) is 4.98 Å². The van der Waals surface area contributed by atoms with Gasteiger partial charge in [0, 0.05) is 12.3 Å². The zero-order chi connectivity index (χ0) is 10.5. The summed E-state index contributed by atoms with van der Waals surface area (Å²) in [6.45, 7) is 4.32. The molecule has 1 aliphatic heterocycles. The number of hydrogen-bond acceptors (Lipinski definition) is 4. The molecule has 1 N–H and O–H groups in total. The molecule has 2 rings (SSSR count). The molecule has 0 aliphatic carbocycles. The van der Waals surface area contributed by atoms with E-state index in [-0.39, 0.29) is 0 Å². The van der Waals surface area contributed by atoms with E-state index in [1.165, 1.54) is 6.42 Å². The average Bonchev–Trinajstić information content (AvgIpc) is 2.76. The molecule has 1 aliphatic rings. The molecule has 0 atom stereocenters. The van der Waals surface area contributed by atoms with Gasteiger partial charge in [0.05, 0.1) is 0 Å². The SMILES string of the molecule is CCCCc1nc(C2CCNCC2)no1. The van der Waals surface area contributed by atoms with Gasteiger partial charge in [0.2, 0.25) is 5.89 Å². The molecule has 15 heavy (non-hydrogen) atoms. The van der Waals surface area contributed by atoms with E-state index in [1.54, 1.807) is 0 Å². The van der Waals surface area contributed by atoms with Gasteiger partial charge >= 0.3 is 0 Å². The predicted octanol–water partition coefficient (Wildman–Crippen LogP) is 1.88. The standard InChI is InChI=1S/C11H19N3O/c1-2-3-4-10-13-11(14-15-10)9-5-7-12-8-6-9/h9,12H,2-8H2,1H3. The van der Waals surface area contributed by atoms with Crippen LogP contribution >= 0.6 is 0 Å². The Labute approximate surface area is 90.4 Å². The number of nitrogens with zero attached hydrogens (tertiary/aromatic N) is 2. The van der Waals surface area contributed by atoms with Crippen LogP contribution in [0.4, 0.5) is 0 Å². The van der Waals surface area contributed by atoms with Crippen LogP contribution in [0.3, 0.4) is 0 Å². The van der Waals surface area contributed by atoms with Crippen LogP contribution in [0.1, 0.15) is 50.2 Å². The second-order valence-corrected chi connectivity index (χ2v) is 4.17. The summed E-state index contributed by atoms with van der Waals surface area (Å²) in [6, 6.07) is 0. The van der Waals surface area contributed by atoms with Crippen LogP contribution in [0, 0.1) is 0 Å². The maximum absolute atomic E-state index is 5.24. The van der Waals surface area contributed by atoms with Gasteiger partial charge < -0.3 is 9.84 Å². The molecule has 0 saturated carbocycles. The summed E-state index contributed by atoms with van der Waals surface area (Å²) in [4.78, 5) is 4.47. The van der Waals surface area contributed by atoms with Gasteiger partial charge in [-0.15, -0.1) is 0 Å². The maximum atomic E-state index is 5.24. The summed E-state index contributed by atoms with van der Waals surface area (Å²) in [6.07, 6.45) is 5.49. The number of aromatic nitrogens is 2. The third kappa shape index (κ3) is 2.78. The van der Waals surface area contributed by atoms with Gasteiger partial charge in [0.25, 0.3) is 0 Å². The molecule has 1 aromatic rings. The fourth-order valence-electron chi connectivity index (χ4n) is 1.94. The minimum atomic E-state index is 0.505. The number of unbranched alkanes of at least 4 members (excludes halogenated alkanes) is 1. The fourth-order valence-corrected chi connectivity index (χ4v) is 1.94. The first-order valence-electron chi connectivity index (χ1n) is 5.93. The first kappa shape index (κ1) is 10.6. The quantitative estimate of drug-likeness (QED) is 0.822. The molecule has 84 valence electrons. The van der Waals surface area contributed by atoms with E-state index in [0.717, 1.165) is 50.5 Å². The zero-order valence-electron chi connectivity index (χ0n) is 9.33. The van der Waals surface area contributed by atoms with Crippen LogP contribution in [0.25, 0.3) is 0 Å². The van der Waals surface area contributed by atoms with Crippen molar-refractivity contribution in [3.63, 3.8) is 0 Å². The molecule has 1 fully saturated rings. The summed E-state index contributed by atoms with van der Waals surface area (Å²) in [7, 11) is 0. The van der Waals surface area contributed by atoms with Crippen molar-refractivity contribution in [3.8, 4) is 0 Å². The highest BCUT2D eigenvalue weighted by Gasteiger charge is 2.20. The number of nitrogens with one attached hydrogen (secondary N) is 1. The van der Waals surface area contributed by atoms with Crippen molar-refractivity contribution in [1.29, 1.82) is 0 Å². The van der Waals surface area contributed by atoms with E-state index in [4.69, 9.17) is 4.52 Å². The van der Waals surface area contributed by atoms with Gasteiger partial charge in [0.1, 0.15) is 0 Å². The zero-order valence-corrected chi connectivity index (χ0v) is 9.33. The molecule has 0 unspecified atom stereocenters. The molecule has 2 heterocycles. The molecule has 1 saturated heterocycles. The Morgan fingerprint density at radius 3 is 2.93 bits per heavy atom. The predicted molar refractivity (Wildman–Crippen MR) is 57.8 cm³/mol. The van der Waals surface area contributed by atoms with Crippen molar-refractivity contribution in [2.75, 3.05) is 13.1 Å². The Balaban J connectivity index is 1.93. The minimum Gasteiger partial charge on any atom is -0.339 e. The van der Waals surface area contributed by atoms with Crippen LogP contribution < -0.4 is 5.32 Å². The largest absolute Gasteiger partial charge is 0.339 e. The normalized spacial score (nSPS) is 18.2. The van der Waals surface area contributed by atoms with Gasteiger partial charge in [-0.05, 0) is 32.4 Å². The topological polar surface area (TPSA) is 51.0 Å². The summed E-state index contributed by atoms with van der Waals surface area (Å²) >= 11 is 0. The molecule has 0 bridgehead atoms. The highest BCUT2D eigenvalue weighted by atomic mass is 16.5. The van der Waals surface area contributed by atoms with Gasteiger partial charge in [-0.1, -0.05) is 18.5 Å². The molecule has 0 amide bonds. The van der Waals surface area contributed by atoms with Crippen molar-refractivity contribution in [2.45, 2.75) is 44.9 Å². The van der Waals surface area contributed by atoms with Crippen molar-refractivity contribution >= 4 is 0 Å². The lowest BCUT2D eigenvalue weighted by atomic mass is 9.98.